The van der Waals surface area contributed by atoms with E-state index in [1.54, 1.807) is 7.11 Å². The molecular weight excluding hydrogens is 306 g/mol. The lowest BCUT2D eigenvalue weighted by molar-refractivity contribution is 0.378. The van der Waals surface area contributed by atoms with Gasteiger partial charge < -0.3 is 15.2 Å². The van der Waals surface area contributed by atoms with Crippen LogP contribution in [-0.4, -0.2) is 7.11 Å². The van der Waals surface area contributed by atoms with Crippen LogP contribution in [-0.2, 0) is 6.54 Å². The molecule has 0 aliphatic rings. The average Bonchev–Trinajstić information content (AvgIpc) is 2.40. The molecule has 0 saturated carbocycles. The van der Waals surface area contributed by atoms with Gasteiger partial charge in [-0.05, 0) is 48.4 Å². The van der Waals surface area contributed by atoms with Crippen molar-refractivity contribution in [2.75, 3.05) is 7.11 Å². The first-order valence-corrected chi connectivity index (χ1v) is 6.73. The van der Waals surface area contributed by atoms with E-state index in [1.807, 2.05) is 43.3 Å². The van der Waals surface area contributed by atoms with Gasteiger partial charge in [0, 0.05) is 11.0 Å². The van der Waals surface area contributed by atoms with Crippen LogP contribution < -0.4 is 15.2 Å². The number of aryl methyl sites for hydroxylation is 1. The monoisotopic (exact) mass is 321 g/mol. The predicted octanol–water partition coefficient (Wildman–Crippen LogP) is 4.02. The Morgan fingerprint density at radius 3 is 2.58 bits per heavy atom. The van der Waals surface area contributed by atoms with Gasteiger partial charge in [-0.1, -0.05) is 22.0 Å². The number of rotatable bonds is 4. The lowest BCUT2D eigenvalue weighted by Gasteiger charge is -2.12. The third-order valence-electron chi connectivity index (χ3n) is 2.71. The number of benzene rings is 2. The van der Waals surface area contributed by atoms with Crippen molar-refractivity contribution in [1.82, 2.24) is 0 Å². The fraction of sp³-hybridized carbons (Fsp3) is 0.200. The van der Waals surface area contributed by atoms with E-state index in [-0.39, 0.29) is 0 Å². The minimum Gasteiger partial charge on any atom is -0.493 e. The van der Waals surface area contributed by atoms with Gasteiger partial charge in [0.2, 0.25) is 0 Å². The summed E-state index contributed by atoms with van der Waals surface area (Å²) in [4.78, 5) is 0. The highest BCUT2D eigenvalue weighted by molar-refractivity contribution is 9.10. The standard InChI is InChI=1S/C15H16BrNO2/c1-10-3-4-14(15(5-10)18-2)19-13-7-11(9-17)6-12(16)8-13/h3-8H,9,17H2,1-2H3. The molecule has 0 aliphatic heterocycles. The van der Waals surface area contributed by atoms with Crippen LogP contribution in [0.15, 0.2) is 40.9 Å². The van der Waals surface area contributed by atoms with E-state index in [1.165, 1.54) is 0 Å². The van der Waals surface area contributed by atoms with E-state index >= 15 is 0 Å². The Hall–Kier alpha value is -1.52. The van der Waals surface area contributed by atoms with Gasteiger partial charge in [-0.15, -0.1) is 0 Å². The van der Waals surface area contributed by atoms with Crippen molar-refractivity contribution in [2.24, 2.45) is 5.73 Å². The minimum atomic E-state index is 0.473. The van der Waals surface area contributed by atoms with Crippen LogP contribution >= 0.6 is 15.9 Å². The molecule has 0 bridgehead atoms. The molecule has 0 radical (unpaired) electrons. The first-order valence-electron chi connectivity index (χ1n) is 5.94. The number of halogens is 1. The molecule has 4 heteroatoms. The quantitative estimate of drug-likeness (QED) is 0.925. The molecule has 2 rings (SSSR count). The molecule has 100 valence electrons. The van der Waals surface area contributed by atoms with Crippen LogP contribution in [0.5, 0.6) is 17.2 Å². The predicted molar refractivity (Wildman–Crippen MR) is 79.8 cm³/mol. The summed E-state index contributed by atoms with van der Waals surface area (Å²) >= 11 is 3.45. The Balaban J connectivity index is 2.33. The fourth-order valence-electron chi connectivity index (χ4n) is 1.78. The van der Waals surface area contributed by atoms with E-state index in [0.29, 0.717) is 18.0 Å². The third kappa shape index (κ3) is 3.49. The Morgan fingerprint density at radius 2 is 1.89 bits per heavy atom. The van der Waals surface area contributed by atoms with E-state index in [4.69, 9.17) is 15.2 Å². The molecule has 2 aromatic carbocycles. The second-order valence-corrected chi connectivity index (χ2v) is 5.17. The Bertz CT molecular complexity index is 584. The lowest BCUT2D eigenvalue weighted by atomic mass is 10.2. The molecule has 0 heterocycles. The summed E-state index contributed by atoms with van der Waals surface area (Å²) in [6.45, 7) is 2.48. The molecule has 2 N–H and O–H groups in total. The zero-order chi connectivity index (χ0) is 13.8. The van der Waals surface area contributed by atoms with Gasteiger partial charge in [0.05, 0.1) is 7.11 Å². The summed E-state index contributed by atoms with van der Waals surface area (Å²) in [5.74, 6) is 2.14. The fourth-order valence-corrected chi connectivity index (χ4v) is 2.30. The number of hydrogen-bond donors (Lipinski definition) is 1. The molecule has 0 saturated heterocycles. The van der Waals surface area contributed by atoms with Crippen molar-refractivity contribution in [3.8, 4) is 17.2 Å². The van der Waals surface area contributed by atoms with Gasteiger partial charge in [0.25, 0.3) is 0 Å². The van der Waals surface area contributed by atoms with Gasteiger partial charge in [-0.3, -0.25) is 0 Å². The summed E-state index contributed by atoms with van der Waals surface area (Å²) in [6.07, 6.45) is 0. The maximum atomic E-state index is 5.87. The number of ether oxygens (including phenoxy) is 2. The third-order valence-corrected chi connectivity index (χ3v) is 3.17. The molecule has 2 aromatic rings. The number of hydrogen-bond acceptors (Lipinski definition) is 3. The second kappa shape index (κ2) is 6.08. The SMILES string of the molecule is COc1cc(C)ccc1Oc1cc(Br)cc(CN)c1. The smallest absolute Gasteiger partial charge is 0.169 e. The number of nitrogens with two attached hydrogens (primary N) is 1. The zero-order valence-electron chi connectivity index (χ0n) is 10.9. The Morgan fingerprint density at radius 1 is 1.11 bits per heavy atom. The van der Waals surface area contributed by atoms with Gasteiger partial charge in [0.1, 0.15) is 5.75 Å². The summed E-state index contributed by atoms with van der Waals surface area (Å²) in [5, 5.41) is 0. The van der Waals surface area contributed by atoms with Gasteiger partial charge in [-0.2, -0.15) is 0 Å². The highest BCUT2D eigenvalue weighted by Crippen LogP contribution is 2.33. The van der Waals surface area contributed by atoms with Crippen LogP contribution in [0, 0.1) is 6.92 Å². The van der Waals surface area contributed by atoms with E-state index in [9.17, 15) is 0 Å². The maximum absolute atomic E-state index is 5.87. The van der Waals surface area contributed by atoms with Crippen LogP contribution in [0.4, 0.5) is 0 Å². The highest BCUT2D eigenvalue weighted by atomic mass is 79.9. The molecule has 0 atom stereocenters. The van der Waals surface area contributed by atoms with Crippen molar-refractivity contribution < 1.29 is 9.47 Å². The molecule has 0 fully saturated rings. The molecule has 0 aromatic heterocycles. The first kappa shape index (κ1) is 13.9. The van der Waals surface area contributed by atoms with E-state index < -0.39 is 0 Å². The van der Waals surface area contributed by atoms with Crippen molar-refractivity contribution in [2.45, 2.75) is 13.5 Å². The van der Waals surface area contributed by atoms with Crippen molar-refractivity contribution >= 4 is 15.9 Å². The van der Waals surface area contributed by atoms with E-state index in [0.717, 1.165) is 21.3 Å². The molecule has 0 aliphatic carbocycles. The molecule has 0 spiro atoms. The normalized spacial score (nSPS) is 10.3. The average molecular weight is 322 g/mol. The summed E-state index contributed by atoms with van der Waals surface area (Å²) < 4.78 is 12.1. The second-order valence-electron chi connectivity index (χ2n) is 4.26. The van der Waals surface area contributed by atoms with Gasteiger partial charge in [-0.25, -0.2) is 0 Å². The maximum Gasteiger partial charge on any atom is 0.169 e. The van der Waals surface area contributed by atoms with Crippen LogP contribution in [0.3, 0.4) is 0 Å². The van der Waals surface area contributed by atoms with Gasteiger partial charge >= 0.3 is 0 Å². The van der Waals surface area contributed by atoms with Crippen molar-refractivity contribution in [1.29, 1.82) is 0 Å². The van der Waals surface area contributed by atoms with E-state index in [2.05, 4.69) is 15.9 Å². The molecule has 0 unspecified atom stereocenters. The van der Waals surface area contributed by atoms with Crippen molar-refractivity contribution in [3.05, 3.63) is 52.0 Å². The Kier molecular flexibility index (Phi) is 4.45. The van der Waals surface area contributed by atoms with Crippen molar-refractivity contribution in [3.63, 3.8) is 0 Å². The molecule has 19 heavy (non-hydrogen) atoms. The topological polar surface area (TPSA) is 44.5 Å². The molecular formula is C15H16BrNO2. The molecule has 0 amide bonds. The van der Waals surface area contributed by atoms with Gasteiger partial charge in [0.15, 0.2) is 11.5 Å². The summed E-state index contributed by atoms with van der Waals surface area (Å²) in [7, 11) is 1.63. The Labute approximate surface area is 121 Å². The molecule has 3 nitrogen and oxygen atoms in total. The van der Waals surface area contributed by atoms with Crippen LogP contribution in [0.1, 0.15) is 11.1 Å². The number of methoxy groups -OCH3 is 1. The first-order chi connectivity index (χ1) is 9.12. The van der Waals surface area contributed by atoms with Crippen LogP contribution in [0.25, 0.3) is 0 Å². The highest BCUT2D eigenvalue weighted by Gasteiger charge is 2.07. The lowest BCUT2D eigenvalue weighted by Crippen LogP contribution is -1.97. The minimum absolute atomic E-state index is 0.473. The van der Waals surface area contributed by atoms with Crippen LogP contribution in [0.2, 0.25) is 0 Å². The zero-order valence-corrected chi connectivity index (χ0v) is 12.5. The summed E-state index contributed by atoms with van der Waals surface area (Å²) in [6, 6.07) is 11.6. The summed E-state index contributed by atoms with van der Waals surface area (Å²) in [5.41, 5.74) is 7.79. The largest absolute Gasteiger partial charge is 0.493 e.